The lowest BCUT2D eigenvalue weighted by Crippen LogP contribution is -2.47. The van der Waals surface area contributed by atoms with E-state index in [4.69, 9.17) is 25.5 Å². The zero-order chi connectivity index (χ0) is 27.6. The van der Waals surface area contributed by atoms with Gasteiger partial charge in [0.1, 0.15) is 19.3 Å². The number of hydrogen-bond donors (Lipinski definition) is 0. The van der Waals surface area contributed by atoms with Crippen molar-refractivity contribution in [2.75, 3.05) is 33.0 Å². The van der Waals surface area contributed by atoms with Gasteiger partial charge in [-0.2, -0.15) is 0 Å². The van der Waals surface area contributed by atoms with Crippen LogP contribution in [0.2, 0.25) is 0 Å². The molecule has 201 valence electrons. The fraction of sp³-hybridized carbons (Fsp3) is 0.571. The fourth-order valence-electron chi connectivity index (χ4n) is 2.37. The van der Waals surface area contributed by atoms with Crippen LogP contribution in [0, 0.1) is 20.4 Å². The molecule has 0 N–H and O–H groups in total. The van der Waals surface area contributed by atoms with Gasteiger partial charge in [-0.25, -0.2) is 4.79 Å². The number of carbonyl (C=O) groups is 2. The minimum Gasteiger partial charge on any atom is -0.494 e. The van der Waals surface area contributed by atoms with E-state index in [1.165, 1.54) is 11.0 Å². The maximum Gasteiger partial charge on any atom is 0.329 e. The molecule has 0 spiro atoms. The summed E-state index contributed by atoms with van der Waals surface area (Å²) < 4.78 is 20.3. The molecule has 0 bridgehead atoms. The van der Waals surface area contributed by atoms with Crippen LogP contribution in [0.4, 0.5) is 0 Å². The quantitative estimate of drug-likeness (QED) is 0.0855. The zero-order valence-electron chi connectivity index (χ0n) is 22.7. The first-order chi connectivity index (χ1) is 16.6. The molecular formula is C28H48NO6. The molecule has 35 heavy (non-hydrogen) atoms. The third-order valence-electron chi connectivity index (χ3n) is 3.86. The van der Waals surface area contributed by atoms with E-state index in [0.717, 1.165) is 19.3 Å². The number of amides is 1. The van der Waals surface area contributed by atoms with E-state index in [1.54, 1.807) is 13.0 Å². The molecule has 0 aliphatic carbocycles. The summed E-state index contributed by atoms with van der Waals surface area (Å²) in [6.45, 7) is 35.1. The van der Waals surface area contributed by atoms with Crippen LogP contribution in [-0.2, 0) is 28.5 Å². The molecule has 0 saturated heterocycles. The lowest BCUT2D eigenvalue weighted by molar-refractivity contribution is -0.153. The Labute approximate surface area is 214 Å². The molecular weight excluding hydrogens is 446 g/mol. The molecule has 0 saturated carbocycles. The van der Waals surface area contributed by atoms with E-state index >= 15 is 0 Å². The maximum absolute atomic E-state index is 12.5. The van der Waals surface area contributed by atoms with Crippen molar-refractivity contribution < 1.29 is 28.5 Å². The Morgan fingerprint density at radius 1 is 1.00 bits per heavy atom. The van der Waals surface area contributed by atoms with Crippen LogP contribution in [0.5, 0.6) is 0 Å². The Hall–Kier alpha value is -2.38. The van der Waals surface area contributed by atoms with E-state index in [-0.39, 0.29) is 37.6 Å². The second-order valence-corrected chi connectivity index (χ2v) is 7.18. The first kappa shape index (κ1) is 37.2. The van der Waals surface area contributed by atoms with Gasteiger partial charge in [0.25, 0.3) is 0 Å². The van der Waals surface area contributed by atoms with Gasteiger partial charge in [0, 0.05) is 38.7 Å². The summed E-state index contributed by atoms with van der Waals surface area (Å²) in [5.74, 6) is -0.710. The Morgan fingerprint density at radius 3 is 1.89 bits per heavy atom. The average molecular weight is 495 g/mol. The van der Waals surface area contributed by atoms with Crippen LogP contribution in [0.1, 0.15) is 60.3 Å². The Morgan fingerprint density at radius 2 is 1.49 bits per heavy atom. The average Bonchev–Trinajstić information content (AvgIpc) is 2.81. The molecule has 0 aromatic carbocycles. The summed E-state index contributed by atoms with van der Waals surface area (Å²) in [4.78, 5) is 26.3. The molecule has 0 rings (SSSR count). The van der Waals surface area contributed by atoms with E-state index in [2.05, 4.69) is 33.6 Å². The van der Waals surface area contributed by atoms with Gasteiger partial charge in [-0.1, -0.05) is 65.5 Å². The van der Waals surface area contributed by atoms with Crippen molar-refractivity contribution in [1.82, 2.24) is 4.90 Å². The molecule has 0 heterocycles. The van der Waals surface area contributed by atoms with Gasteiger partial charge >= 0.3 is 5.97 Å². The fourth-order valence-corrected chi connectivity index (χ4v) is 2.37. The van der Waals surface area contributed by atoms with Crippen molar-refractivity contribution in [2.24, 2.45) is 0 Å². The number of nitrogens with zero attached hydrogens (tertiary/aromatic N) is 1. The van der Waals surface area contributed by atoms with E-state index in [1.807, 2.05) is 27.7 Å². The molecule has 0 aromatic rings. The molecule has 0 aromatic heterocycles. The predicted molar refractivity (Wildman–Crippen MR) is 143 cm³/mol. The van der Waals surface area contributed by atoms with Gasteiger partial charge < -0.3 is 23.8 Å². The van der Waals surface area contributed by atoms with Crippen molar-refractivity contribution in [3.8, 4) is 0 Å². The standard InChI is InChI=1S/C19H28NO4.C6H13O2.C3H7/c1-7-10-11-20(18(21)15(4)5)17(19(22)24-13-9-3)14-16(6)23-12-8-2;1-4-7-6(3)8-5-2;1-3-2/h6,8-9,17H,2-4,7,10-14H2,1,5H3;6H,3-5H2,1-2H3;1,3H2,2H3. The highest BCUT2D eigenvalue weighted by atomic mass is 16.7. The van der Waals surface area contributed by atoms with Gasteiger partial charge in [0.05, 0.1) is 5.76 Å². The molecule has 1 amide bonds. The number of rotatable bonds is 17. The van der Waals surface area contributed by atoms with Gasteiger partial charge in [0.2, 0.25) is 5.91 Å². The minimum absolute atomic E-state index is 0.0482. The normalized spacial score (nSPS) is 10.5. The smallest absolute Gasteiger partial charge is 0.329 e. The first-order valence-corrected chi connectivity index (χ1v) is 12.1. The third-order valence-corrected chi connectivity index (χ3v) is 3.86. The number of ether oxygens (including phenoxy) is 4. The number of unbranched alkanes of at least 4 members (excludes halogenated alkanes) is 1. The van der Waals surface area contributed by atoms with Crippen molar-refractivity contribution >= 4 is 11.9 Å². The summed E-state index contributed by atoms with van der Waals surface area (Å²) in [5, 5.41) is 0. The summed E-state index contributed by atoms with van der Waals surface area (Å²) in [7, 11) is 0. The van der Waals surface area contributed by atoms with Crippen molar-refractivity contribution in [2.45, 2.75) is 72.6 Å². The van der Waals surface area contributed by atoms with Gasteiger partial charge in [-0.3, -0.25) is 4.79 Å². The molecule has 0 aliphatic heterocycles. The minimum atomic E-state index is -0.870. The van der Waals surface area contributed by atoms with E-state index in [0.29, 0.717) is 25.3 Å². The second kappa shape index (κ2) is 26.2. The number of esters is 1. The highest BCUT2D eigenvalue weighted by Crippen LogP contribution is 2.17. The maximum atomic E-state index is 12.5. The number of hydrogen-bond acceptors (Lipinski definition) is 6. The van der Waals surface area contributed by atoms with Crippen LogP contribution in [-0.4, -0.2) is 62.1 Å². The van der Waals surface area contributed by atoms with E-state index < -0.39 is 12.0 Å². The van der Waals surface area contributed by atoms with Crippen LogP contribution in [0.25, 0.3) is 0 Å². The van der Waals surface area contributed by atoms with Gasteiger partial charge in [-0.05, 0) is 33.8 Å². The van der Waals surface area contributed by atoms with Crippen LogP contribution < -0.4 is 0 Å². The number of carbonyl (C=O) groups excluding carboxylic acids is 2. The first-order valence-electron chi connectivity index (χ1n) is 12.1. The molecule has 3 radical (unpaired) electrons. The molecule has 7 heteroatoms. The largest absolute Gasteiger partial charge is 0.494 e. The molecule has 1 unspecified atom stereocenters. The lowest BCUT2D eigenvalue weighted by atomic mass is 10.1. The van der Waals surface area contributed by atoms with E-state index in [9.17, 15) is 9.59 Å². The third kappa shape index (κ3) is 21.9. The Bertz CT molecular complexity index is 596. The summed E-state index contributed by atoms with van der Waals surface area (Å²) in [6.07, 6.45) is 5.40. The van der Waals surface area contributed by atoms with Crippen LogP contribution in [0.3, 0.4) is 0 Å². The molecule has 7 nitrogen and oxygen atoms in total. The Kier molecular flexibility index (Phi) is 27.9. The topological polar surface area (TPSA) is 74.3 Å². The Balaban J connectivity index is -0.000000772. The van der Waals surface area contributed by atoms with Crippen LogP contribution in [0.15, 0.2) is 43.2 Å². The highest BCUT2D eigenvalue weighted by molar-refractivity contribution is 5.95. The van der Waals surface area contributed by atoms with Gasteiger partial charge in [-0.15, -0.1) is 0 Å². The summed E-state index contributed by atoms with van der Waals surface area (Å²) in [5.41, 5.74) is 0.346. The van der Waals surface area contributed by atoms with Crippen molar-refractivity contribution in [1.29, 1.82) is 0 Å². The molecule has 0 aliphatic rings. The molecule has 0 fully saturated rings. The zero-order valence-corrected chi connectivity index (χ0v) is 22.7. The predicted octanol–water partition coefficient (Wildman–Crippen LogP) is 5.65. The van der Waals surface area contributed by atoms with Crippen LogP contribution >= 0.6 is 0 Å². The van der Waals surface area contributed by atoms with Crippen molar-refractivity contribution in [3.63, 3.8) is 0 Å². The SMILES string of the molecule is [CH2]C(OCC)OCC.[CH2]CC.[CH]=C(CC(C(=O)OCC=C)N(CCCC)C(=O)C(=C)C)OCC=C. The summed E-state index contributed by atoms with van der Waals surface area (Å²) in [6, 6.07) is -0.870. The van der Waals surface area contributed by atoms with Crippen molar-refractivity contribution in [3.05, 3.63) is 63.6 Å². The van der Waals surface area contributed by atoms with Gasteiger partial charge in [0.15, 0.2) is 6.29 Å². The second-order valence-electron chi connectivity index (χ2n) is 7.18. The molecule has 1 atom stereocenters. The lowest BCUT2D eigenvalue weighted by Gasteiger charge is -2.30. The highest BCUT2D eigenvalue weighted by Gasteiger charge is 2.32. The monoisotopic (exact) mass is 494 g/mol. The summed E-state index contributed by atoms with van der Waals surface area (Å²) >= 11 is 0.